The molecule has 0 bridgehead atoms. The van der Waals surface area contributed by atoms with Crippen LogP contribution in [0.1, 0.15) is 43.2 Å². The summed E-state index contributed by atoms with van der Waals surface area (Å²) in [4.78, 5) is 28.5. The van der Waals surface area contributed by atoms with E-state index in [2.05, 4.69) is 0 Å². The number of nitrogens with zero attached hydrogens (tertiary/aromatic N) is 1. The van der Waals surface area contributed by atoms with E-state index in [1.165, 1.54) is 0 Å². The predicted octanol–water partition coefficient (Wildman–Crippen LogP) is 4.07. The van der Waals surface area contributed by atoms with Gasteiger partial charge in [0, 0.05) is 23.4 Å². The summed E-state index contributed by atoms with van der Waals surface area (Å²) in [7, 11) is 0. The van der Waals surface area contributed by atoms with E-state index >= 15 is 0 Å². The zero-order valence-corrected chi connectivity index (χ0v) is 18.7. The van der Waals surface area contributed by atoms with E-state index < -0.39 is 11.9 Å². The van der Waals surface area contributed by atoms with E-state index in [0.717, 1.165) is 28.9 Å². The molecule has 5 rings (SSSR count). The highest BCUT2D eigenvalue weighted by Gasteiger charge is 2.43. The summed E-state index contributed by atoms with van der Waals surface area (Å²) in [5.74, 6) is 0.360. The lowest BCUT2D eigenvalue weighted by molar-refractivity contribution is -0.138. The summed E-state index contributed by atoms with van der Waals surface area (Å²) < 4.78 is 16.4. The van der Waals surface area contributed by atoms with Crippen LogP contribution in [0.4, 0.5) is 5.69 Å². The van der Waals surface area contributed by atoms with Gasteiger partial charge in [0.25, 0.3) is 0 Å². The molecule has 2 N–H and O–H groups in total. The van der Waals surface area contributed by atoms with Crippen LogP contribution in [0.15, 0.2) is 65.1 Å². The zero-order valence-electron chi connectivity index (χ0n) is 18.7. The normalized spacial score (nSPS) is 19.6. The molecule has 0 radical (unpaired) electrons. The molecular formula is C26H26N2O5. The van der Waals surface area contributed by atoms with E-state index in [9.17, 15) is 9.59 Å². The second-order valence-corrected chi connectivity index (χ2v) is 8.38. The number of Topliss-reactive ketones (excluding diaryl/α,β-unsaturated/α-hetero) is 1. The molecule has 0 saturated heterocycles. The van der Waals surface area contributed by atoms with Gasteiger partial charge < -0.3 is 19.9 Å². The minimum atomic E-state index is -0.637. The van der Waals surface area contributed by atoms with Crippen LogP contribution in [0, 0.1) is 6.92 Å². The van der Waals surface area contributed by atoms with Crippen LogP contribution in [0.2, 0.25) is 0 Å². The molecule has 2 aromatic carbocycles. The Morgan fingerprint density at radius 2 is 1.97 bits per heavy atom. The van der Waals surface area contributed by atoms with Gasteiger partial charge in [-0.2, -0.15) is 0 Å². The summed E-state index contributed by atoms with van der Waals surface area (Å²) in [5, 5.41) is 0. The van der Waals surface area contributed by atoms with Gasteiger partial charge in [-0.05, 0) is 62.1 Å². The zero-order chi connectivity index (χ0) is 23.1. The molecule has 7 heteroatoms. The Hall–Kier alpha value is -3.74. The Labute approximate surface area is 192 Å². The van der Waals surface area contributed by atoms with E-state index in [0.29, 0.717) is 29.9 Å². The average molecular weight is 447 g/mol. The van der Waals surface area contributed by atoms with Crippen LogP contribution < -0.4 is 20.1 Å². The monoisotopic (exact) mass is 446 g/mol. The molecule has 0 amide bonds. The molecule has 1 atom stereocenters. The minimum Gasteiger partial charge on any atom is -0.463 e. The molecule has 3 aliphatic rings. The molecule has 170 valence electrons. The number of carbonyl (C=O) groups excluding carboxylic acids is 2. The number of hydrogen-bond donors (Lipinski definition) is 1. The highest BCUT2D eigenvalue weighted by molar-refractivity contribution is 6.05. The van der Waals surface area contributed by atoms with Crippen molar-refractivity contribution >= 4 is 17.4 Å². The highest BCUT2D eigenvalue weighted by Crippen LogP contribution is 2.48. The Balaban J connectivity index is 1.75. The Morgan fingerprint density at radius 1 is 1.15 bits per heavy atom. The van der Waals surface area contributed by atoms with Crippen molar-refractivity contribution in [3.05, 3.63) is 76.3 Å². The summed E-state index contributed by atoms with van der Waals surface area (Å²) in [6.45, 7) is 4.09. The van der Waals surface area contributed by atoms with Gasteiger partial charge in [0.15, 0.2) is 17.3 Å². The van der Waals surface area contributed by atoms with Crippen molar-refractivity contribution in [1.82, 2.24) is 0 Å². The molecule has 2 heterocycles. The van der Waals surface area contributed by atoms with Crippen molar-refractivity contribution in [3.8, 4) is 11.5 Å². The first-order chi connectivity index (χ1) is 16.0. The van der Waals surface area contributed by atoms with Gasteiger partial charge in [-0.3, -0.25) is 9.69 Å². The molecular weight excluding hydrogens is 420 g/mol. The number of aryl methyl sites for hydroxylation is 1. The van der Waals surface area contributed by atoms with Crippen LogP contribution in [-0.2, 0) is 14.3 Å². The topological polar surface area (TPSA) is 91.1 Å². The van der Waals surface area contributed by atoms with Crippen LogP contribution in [-0.4, -0.2) is 25.2 Å². The highest BCUT2D eigenvalue weighted by atomic mass is 16.7. The van der Waals surface area contributed by atoms with E-state index in [1.807, 2.05) is 48.2 Å². The fourth-order valence-electron chi connectivity index (χ4n) is 4.88. The number of nitrogens with two attached hydrogens (primary N) is 1. The van der Waals surface area contributed by atoms with Crippen molar-refractivity contribution in [2.45, 2.75) is 39.0 Å². The molecule has 2 aromatic rings. The predicted molar refractivity (Wildman–Crippen MR) is 123 cm³/mol. The summed E-state index contributed by atoms with van der Waals surface area (Å²) >= 11 is 0. The molecule has 2 aliphatic heterocycles. The third-order valence-electron chi connectivity index (χ3n) is 6.28. The molecule has 0 saturated carbocycles. The first kappa shape index (κ1) is 21.1. The summed E-state index contributed by atoms with van der Waals surface area (Å²) in [6, 6.07) is 13.4. The standard InChI is InChI=1S/C26H26N2O5/c1-3-31-26(30)24-22(16-10-11-20-21(13-16)33-14-32-20)23-18(8-5-9-19(23)29)28(25(24)27)17-7-4-6-15(2)12-17/h4,6-7,10-13,22H,3,5,8-9,14,27H2,1-2H3/t22-/m0/s1. The molecule has 7 nitrogen and oxygen atoms in total. The first-order valence-corrected chi connectivity index (χ1v) is 11.2. The quantitative estimate of drug-likeness (QED) is 0.708. The number of esters is 1. The van der Waals surface area contributed by atoms with Crippen LogP contribution >= 0.6 is 0 Å². The SMILES string of the molecule is CCOC(=O)C1=C(N)N(c2cccc(C)c2)C2=C(C(=O)CCC2)[C@@H]1c1ccc2c(c1)OCO2. The van der Waals surface area contributed by atoms with Crippen molar-refractivity contribution in [3.63, 3.8) is 0 Å². The van der Waals surface area contributed by atoms with Gasteiger partial charge in [0.1, 0.15) is 5.82 Å². The Morgan fingerprint density at radius 3 is 2.76 bits per heavy atom. The molecule has 0 fully saturated rings. The van der Waals surface area contributed by atoms with Crippen molar-refractivity contribution in [2.75, 3.05) is 18.3 Å². The lowest BCUT2D eigenvalue weighted by Gasteiger charge is -2.40. The van der Waals surface area contributed by atoms with Gasteiger partial charge in [-0.15, -0.1) is 0 Å². The third kappa shape index (κ3) is 3.53. The molecule has 1 aliphatic carbocycles. The second-order valence-electron chi connectivity index (χ2n) is 8.38. The van der Waals surface area contributed by atoms with E-state index in [1.54, 1.807) is 13.0 Å². The van der Waals surface area contributed by atoms with Crippen LogP contribution in [0.3, 0.4) is 0 Å². The maximum absolute atomic E-state index is 13.4. The van der Waals surface area contributed by atoms with Gasteiger partial charge in [-0.25, -0.2) is 4.79 Å². The summed E-state index contributed by atoms with van der Waals surface area (Å²) in [6.07, 6.45) is 1.85. The third-order valence-corrected chi connectivity index (χ3v) is 6.28. The molecule has 0 unspecified atom stereocenters. The minimum absolute atomic E-state index is 0.0193. The number of ketones is 1. The Kier molecular flexibility index (Phi) is 5.32. The Bertz CT molecular complexity index is 1210. The molecule has 0 aromatic heterocycles. The fourth-order valence-corrected chi connectivity index (χ4v) is 4.88. The van der Waals surface area contributed by atoms with E-state index in [4.69, 9.17) is 19.9 Å². The van der Waals surface area contributed by atoms with Crippen molar-refractivity contribution in [2.24, 2.45) is 5.73 Å². The van der Waals surface area contributed by atoms with Gasteiger partial charge >= 0.3 is 5.97 Å². The number of fused-ring (bicyclic) bond motifs is 1. The first-order valence-electron chi connectivity index (χ1n) is 11.2. The number of ether oxygens (including phenoxy) is 3. The number of allylic oxidation sites excluding steroid dienone is 2. The maximum atomic E-state index is 13.4. The van der Waals surface area contributed by atoms with Gasteiger partial charge in [0.05, 0.1) is 18.1 Å². The smallest absolute Gasteiger partial charge is 0.338 e. The molecule has 0 spiro atoms. The average Bonchev–Trinajstić information content (AvgIpc) is 3.26. The van der Waals surface area contributed by atoms with Crippen molar-refractivity contribution < 1.29 is 23.8 Å². The van der Waals surface area contributed by atoms with E-state index in [-0.39, 0.29) is 30.6 Å². The lowest BCUT2D eigenvalue weighted by Crippen LogP contribution is -2.41. The number of rotatable bonds is 4. The van der Waals surface area contributed by atoms with Gasteiger partial charge in [0.2, 0.25) is 6.79 Å². The number of hydrogen-bond acceptors (Lipinski definition) is 7. The largest absolute Gasteiger partial charge is 0.463 e. The molecule has 33 heavy (non-hydrogen) atoms. The fraction of sp³-hybridized carbons (Fsp3) is 0.308. The summed E-state index contributed by atoms with van der Waals surface area (Å²) in [5.41, 5.74) is 11.1. The lowest BCUT2D eigenvalue weighted by atomic mass is 9.75. The van der Waals surface area contributed by atoms with Crippen LogP contribution in [0.25, 0.3) is 0 Å². The number of benzene rings is 2. The number of anilines is 1. The second kappa shape index (κ2) is 8.31. The number of carbonyl (C=O) groups is 2. The van der Waals surface area contributed by atoms with Crippen LogP contribution in [0.5, 0.6) is 11.5 Å². The maximum Gasteiger partial charge on any atom is 0.338 e. The van der Waals surface area contributed by atoms with Gasteiger partial charge in [-0.1, -0.05) is 18.2 Å². The van der Waals surface area contributed by atoms with Crippen molar-refractivity contribution in [1.29, 1.82) is 0 Å².